The molecule has 2 aliphatic carbocycles. The third-order valence-corrected chi connectivity index (χ3v) is 4.44. The van der Waals surface area contributed by atoms with E-state index in [9.17, 15) is 8.78 Å². The summed E-state index contributed by atoms with van der Waals surface area (Å²) in [7, 11) is 0. The highest BCUT2D eigenvalue weighted by Gasteiger charge is 2.42. The Morgan fingerprint density at radius 2 is 2.11 bits per heavy atom. The van der Waals surface area contributed by atoms with Gasteiger partial charge in [-0.05, 0) is 61.6 Å². The van der Waals surface area contributed by atoms with Crippen LogP contribution in [0.5, 0.6) is 0 Å². The summed E-state index contributed by atoms with van der Waals surface area (Å²) in [5.74, 6) is 0.308. The molecular weight excluding hydrogens is 242 g/mol. The quantitative estimate of drug-likeness (QED) is 0.694. The Labute approximate surface area is 113 Å². The lowest BCUT2D eigenvalue weighted by Gasteiger charge is -2.15. The van der Waals surface area contributed by atoms with Gasteiger partial charge in [0.25, 0.3) is 0 Å². The Balaban J connectivity index is 1.62. The van der Waals surface area contributed by atoms with Crippen molar-refractivity contribution in [3.63, 3.8) is 0 Å². The monoisotopic (exact) mass is 262 g/mol. The summed E-state index contributed by atoms with van der Waals surface area (Å²) in [6.45, 7) is 2.14. The molecule has 3 rings (SSSR count). The lowest BCUT2D eigenvalue weighted by molar-refractivity contribution is 0.268. The maximum absolute atomic E-state index is 13.9. The fraction of sp³-hybridized carbons (Fsp3) is 0.529. The number of hydrogen-bond donors (Lipinski definition) is 0. The van der Waals surface area contributed by atoms with Crippen LogP contribution in [0, 0.1) is 11.7 Å². The summed E-state index contributed by atoms with van der Waals surface area (Å²) in [5.41, 5.74) is 2.15. The van der Waals surface area contributed by atoms with Crippen molar-refractivity contribution >= 4 is 5.57 Å². The molecule has 0 heterocycles. The van der Waals surface area contributed by atoms with E-state index < -0.39 is 5.67 Å². The van der Waals surface area contributed by atoms with Crippen LogP contribution in [0.3, 0.4) is 0 Å². The minimum Gasteiger partial charge on any atom is -0.244 e. The van der Waals surface area contributed by atoms with Crippen molar-refractivity contribution in [1.82, 2.24) is 0 Å². The zero-order chi connectivity index (χ0) is 13.5. The fourth-order valence-electron chi connectivity index (χ4n) is 2.99. The fourth-order valence-corrected chi connectivity index (χ4v) is 2.99. The minimum atomic E-state index is -0.860. The molecule has 2 aliphatic rings. The molecule has 1 unspecified atom stereocenters. The SMILES string of the molecule is CC(CCC1(F)CC1)CC1=CCc2cccc(F)c21. The van der Waals surface area contributed by atoms with Gasteiger partial charge in [0.05, 0.1) is 0 Å². The Bertz CT molecular complexity index is 512. The standard InChI is InChI=1S/C17H20F2/c1-12(7-8-17(19)9-10-17)11-14-6-5-13-3-2-4-15(18)16(13)14/h2-4,6,12H,5,7-11H2,1H3. The van der Waals surface area contributed by atoms with Gasteiger partial charge in [-0.1, -0.05) is 25.1 Å². The van der Waals surface area contributed by atoms with E-state index in [1.807, 2.05) is 6.07 Å². The van der Waals surface area contributed by atoms with Crippen LogP contribution in [0.15, 0.2) is 24.3 Å². The van der Waals surface area contributed by atoms with Crippen molar-refractivity contribution in [3.05, 3.63) is 41.2 Å². The van der Waals surface area contributed by atoms with E-state index in [0.29, 0.717) is 12.3 Å². The molecule has 1 aromatic carbocycles. The van der Waals surface area contributed by atoms with Crippen LogP contribution in [0.1, 0.15) is 50.2 Å². The molecule has 2 heteroatoms. The van der Waals surface area contributed by atoms with Crippen LogP contribution >= 0.6 is 0 Å². The number of alkyl halides is 1. The Kier molecular flexibility index (Phi) is 3.20. The first-order chi connectivity index (χ1) is 9.07. The summed E-state index contributed by atoms with van der Waals surface area (Å²) in [6, 6.07) is 5.30. The molecule has 1 fully saturated rings. The second kappa shape index (κ2) is 4.73. The van der Waals surface area contributed by atoms with Gasteiger partial charge in [-0.2, -0.15) is 0 Å². The van der Waals surface area contributed by atoms with Gasteiger partial charge in [0.1, 0.15) is 11.5 Å². The highest BCUT2D eigenvalue weighted by Crippen LogP contribution is 2.45. The minimum absolute atomic E-state index is 0.113. The zero-order valence-electron chi connectivity index (χ0n) is 11.4. The average molecular weight is 262 g/mol. The van der Waals surface area contributed by atoms with E-state index in [2.05, 4.69) is 13.0 Å². The number of hydrogen-bond acceptors (Lipinski definition) is 0. The molecule has 0 aromatic heterocycles. The van der Waals surface area contributed by atoms with E-state index >= 15 is 0 Å². The van der Waals surface area contributed by atoms with Gasteiger partial charge in [-0.15, -0.1) is 0 Å². The maximum atomic E-state index is 13.9. The van der Waals surface area contributed by atoms with Crippen LogP contribution in [-0.2, 0) is 6.42 Å². The van der Waals surface area contributed by atoms with Crippen LogP contribution in [0.2, 0.25) is 0 Å². The van der Waals surface area contributed by atoms with Crippen LogP contribution in [0.25, 0.3) is 5.57 Å². The predicted molar refractivity (Wildman–Crippen MR) is 74.2 cm³/mol. The first-order valence-electron chi connectivity index (χ1n) is 7.23. The van der Waals surface area contributed by atoms with Gasteiger partial charge in [0.15, 0.2) is 0 Å². The predicted octanol–water partition coefficient (Wildman–Crippen LogP) is 5.07. The number of rotatable bonds is 5. The molecule has 0 radical (unpaired) electrons. The molecule has 0 amide bonds. The third kappa shape index (κ3) is 2.72. The molecule has 102 valence electrons. The number of fused-ring (bicyclic) bond motifs is 1. The van der Waals surface area contributed by atoms with Crippen molar-refractivity contribution in [3.8, 4) is 0 Å². The second-order valence-electron chi connectivity index (χ2n) is 6.21. The Hall–Kier alpha value is -1.18. The van der Waals surface area contributed by atoms with Crippen molar-refractivity contribution in [2.75, 3.05) is 0 Å². The van der Waals surface area contributed by atoms with Gasteiger partial charge in [0, 0.05) is 5.56 Å². The Morgan fingerprint density at radius 1 is 1.32 bits per heavy atom. The molecule has 1 aromatic rings. The number of allylic oxidation sites excluding steroid dienone is 2. The van der Waals surface area contributed by atoms with Gasteiger partial charge in [-0.25, -0.2) is 8.78 Å². The molecule has 19 heavy (non-hydrogen) atoms. The molecule has 0 bridgehead atoms. The normalized spacial score (nSPS) is 20.9. The molecular formula is C17H20F2. The lowest BCUT2D eigenvalue weighted by Crippen LogP contribution is -2.04. The van der Waals surface area contributed by atoms with Crippen LogP contribution in [0.4, 0.5) is 8.78 Å². The topological polar surface area (TPSA) is 0 Å². The van der Waals surface area contributed by atoms with Gasteiger partial charge < -0.3 is 0 Å². The Morgan fingerprint density at radius 3 is 2.84 bits per heavy atom. The van der Waals surface area contributed by atoms with Crippen molar-refractivity contribution < 1.29 is 8.78 Å². The van der Waals surface area contributed by atoms with E-state index in [0.717, 1.165) is 48.8 Å². The molecule has 1 saturated carbocycles. The van der Waals surface area contributed by atoms with E-state index in [4.69, 9.17) is 0 Å². The molecule has 0 N–H and O–H groups in total. The van der Waals surface area contributed by atoms with Gasteiger partial charge in [-0.3, -0.25) is 0 Å². The van der Waals surface area contributed by atoms with Crippen molar-refractivity contribution in [2.24, 2.45) is 5.92 Å². The summed E-state index contributed by atoms with van der Waals surface area (Å²) in [6.07, 6.45) is 6.88. The lowest BCUT2D eigenvalue weighted by atomic mass is 9.92. The summed E-state index contributed by atoms with van der Waals surface area (Å²) in [4.78, 5) is 0. The molecule has 0 nitrogen and oxygen atoms in total. The van der Waals surface area contributed by atoms with E-state index in [1.165, 1.54) is 6.07 Å². The summed E-state index contributed by atoms with van der Waals surface area (Å²) < 4.78 is 27.5. The van der Waals surface area contributed by atoms with Crippen LogP contribution < -0.4 is 0 Å². The largest absolute Gasteiger partial charge is 0.244 e. The molecule has 1 atom stereocenters. The van der Waals surface area contributed by atoms with Crippen LogP contribution in [-0.4, -0.2) is 5.67 Å². The molecule has 0 saturated heterocycles. The first kappa shape index (κ1) is 12.8. The second-order valence-corrected chi connectivity index (χ2v) is 6.21. The smallest absolute Gasteiger partial charge is 0.130 e. The van der Waals surface area contributed by atoms with E-state index in [-0.39, 0.29) is 5.82 Å². The van der Waals surface area contributed by atoms with Crippen molar-refractivity contribution in [2.45, 2.75) is 51.1 Å². The highest BCUT2D eigenvalue weighted by atomic mass is 19.1. The first-order valence-corrected chi connectivity index (χ1v) is 7.23. The third-order valence-electron chi connectivity index (χ3n) is 4.44. The molecule has 0 aliphatic heterocycles. The summed E-state index contributed by atoms with van der Waals surface area (Å²) in [5, 5.41) is 0. The molecule has 0 spiro atoms. The average Bonchev–Trinajstić information content (AvgIpc) is 2.97. The maximum Gasteiger partial charge on any atom is 0.130 e. The van der Waals surface area contributed by atoms with Gasteiger partial charge in [0.2, 0.25) is 0 Å². The highest BCUT2D eigenvalue weighted by molar-refractivity contribution is 5.73. The van der Waals surface area contributed by atoms with E-state index in [1.54, 1.807) is 6.07 Å². The number of benzene rings is 1. The zero-order valence-corrected chi connectivity index (χ0v) is 11.4. The van der Waals surface area contributed by atoms with Crippen molar-refractivity contribution in [1.29, 1.82) is 0 Å². The van der Waals surface area contributed by atoms with Gasteiger partial charge >= 0.3 is 0 Å². The summed E-state index contributed by atoms with van der Waals surface area (Å²) >= 11 is 0. The number of halogens is 2.